The van der Waals surface area contributed by atoms with Crippen molar-refractivity contribution < 1.29 is 22.3 Å². The molecule has 3 heterocycles. The summed E-state index contributed by atoms with van der Waals surface area (Å²) in [5.74, 6) is -0.381. The topological polar surface area (TPSA) is 92.2 Å². The van der Waals surface area contributed by atoms with Crippen LogP contribution in [0.1, 0.15) is 22.9 Å². The highest BCUT2D eigenvalue weighted by Gasteiger charge is 2.37. The first-order chi connectivity index (χ1) is 20.3. The smallest absolute Gasteiger partial charge is 0.265 e. The molecule has 0 N–H and O–H groups in total. The minimum absolute atomic E-state index is 0.00965. The van der Waals surface area contributed by atoms with Crippen molar-refractivity contribution in [2.45, 2.75) is 17.4 Å². The van der Waals surface area contributed by atoms with E-state index in [0.717, 1.165) is 20.5 Å². The van der Waals surface area contributed by atoms with E-state index in [2.05, 4.69) is 10.1 Å². The number of hydrogen-bond donors (Lipinski definition) is 0. The third-order valence-electron chi connectivity index (χ3n) is 7.07. The van der Waals surface area contributed by atoms with E-state index in [1.165, 1.54) is 52.9 Å². The number of carbonyl (C=O) groups excluding carboxylic acids is 1. The summed E-state index contributed by atoms with van der Waals surface area (Å²) in [5.41, 5.74) is 1.72. The van der Waals surface area contributed by atoms with E-state index >= 15 is 0 Å². The molecule has 1 amide bonds. The molecule has 42 heavy (non-hydrogen) atoms. The van der Waals surface area contributed by atoms with Crippen LogP contribution in [0, 0.1) is 5.82 Å². The van der Waals surface area contributed by atoms with Gasteiger partial charge in [-0.05, 0) is 65.5 Å². The number of aromatic nitrogens is 1. The number of carbonyl (C=O) groups is 1. The quantitative estimate of drug-likeness (QED) is 0.217. The first-order valence-corrected chi connectivity index (χ1v) is 15.4. The number of thiophene rings is 1. The van der Waals surface area contributed by atoms with Crippen LogP contribution in [0.5, 0.6) is 5.75 Å². The molecule has 0 bridgehead atoms. The Hall–Kier alpha value is -4.61. The summed E-state index contributed by atoms with van der Waals surface area (Å²) in [5, 5.41) is 9.07. The Balaban J connectivity index is 1.41. The van der Waals surface area contributed by atoms with Gasteiger partial charge in [-0.25, -0.2) is 17.8 Å². The predicted molar refractivity (Wildman–Crippen MR) is 161 cm³/mol. The monoisotopic (exact) mass is 600 g/mol. The predicted octanol–water partition coefficient (Wildman–Crippen LogP) is 6.02. The van der Waals surface area contributed by atoms with Gasteiger partial charge < -0.3 is 4.74 Å². The number of sulfonamides is 1. The van der Waals surface area contributed by atoms with Crippen molar-refractivity contribution in [3.05, 3.63) is 119 Å². The lowest BCUT2D eigenvalue weighted by molar-refractivity contribution is -0.131. The summed E-state index contributed by atoms with van der Waals surface area (Å²) < 4.78 is 48.7. The molecular formula is C31H25FN4O4S2. The average molecular weight is 601 g/mol. The minimum atomic E-state index is -4.29. The Kier molecular flexibility index (Phi) is 7.44. The van der Waals surface area contributed by atoms with E-state index in [0.29, 0.717) is 22.9 Å². The van der Waals surface area contributed by atoms with Crippen LogP contribution in [-0.4, -0.2) is 43.7 Å². The lowest BCUT2D eigenvalue weighted by atomic mass is 10.0. The van der Waals surface area contributed by atoms with E-state index in [1.54, 1.807) is 31.5 Å². The van der Waals surface area contributed by atoms with Gasteiger partial charge in [0.2, 0.25) is 0 Å². The number of amides is 1. The number of nitrogens with zero attached hydrogens (tertiary/aromatic N) is 4. The van der Waals surface area contributed by atoms with Gasteiger partial charge in [-0.1, -0.05) is 30.3 Å². The van der Waals surface area contributed by atoms with Crippen LogP contribution in [0.2, 0.25) is 0 Å². The summed E-state index contributed by atoms with van der Waals surface area (Å²) in [6.45, 7) is -0.552. The zero-order valence-corrected chi connectivity index (χ0v) is 24.1. The molecule has 212 valence electrons. The lowest BCUT2D eigenvalue weighted by Crippen LogP contribution is -2.41. The van der Waals surface area contributed by atoms with Crippen LogP contribution in [0.4, 0.5) is 10.1 Å². The maximum Gasteiger partial charge on any atom is 0.265 e. The molecule has 8 nitrogen and oxygen atoms in total. The van der Waals surface area contributed by atoms with Crippen molar-refractivity contribution in [1.82, 2.24) is 9.99 Å². The molecule has 11 heteroatoms. The Labute approximate surface area is 246 Å². The van der Waals surface area contributed by atoms with Crippen molar-refractivity contribution in [1.29, 1.82) is 0 Å². The Morgan fingerprint density at radius 2 is 1.83 bits per heavy atom. The maximum atomic E-state index is 14.2. The number of pyridine rings is 1. The number of hydrogen-bond acceptors (Lipinski definition) is 7. The number of ether oxygens (including phenoxy) is 1. The molecule has 1 aliphatic heterocycles. The first-order valence-electron chi connectivity index (χ1n) is 13.0. The van der Waals surface area contributed by atoms with E-state index < -0.39 is 34.3 Å². The van der Waals surface area contributed by atoms with Crippen LogP contribution < -0.4 is 9.04 Å². The summed E-state index contributed by atoms with van der Waals surface area (Å²) in [6, 6.07) is 22.3. The SMILES string of the molecule is COc1ccc(C2CC(c3cccs3)=NN2C(=O)CN(c2ccc(F)cc2)S(=O)(=O)c2cccc3cnccc23)cc1. The summed E-state index contributed by atoms with van der Waals surface area (Å²) in [4.78, 5) is 19.1. The van der Waals surface area contributed by atoms with E-state index in [1.807, 2.05) is 41.8 Å². The van der Waals surface area contributed by atoms with Crippen LogP contribution in [0.15, 0.2) is 113 Å². The standard InChI is InChI=1S/C31H25FN4O4S2/c1-40-25-13-7-21(8-14-25)28-18-27(29-5-3-17-41-29)34-36(28)31(37)20-35(24-11-9-23(32)10-12-24)42(38,39)30-6-2-4-22-19-33-16-15-26(22)30/h2-17,19,28H,18,20H2,1H3. The van der Waals surface area contributed by atoms with Crippen molar-refractivity contribution in [3.63, 3.8) is 0 Å². The molecule has 1 aliphatic rings. The number of fused-ring (bicyclic) bond motifs is 1. The third kappa shape index (κ3) is 5.24. The minimum Gasteiger partial charge on any atom is -0.497 e. The highest BCUT2D eigenvalue weighted by atomic mass is 32.2. The molecule has 0 saturated carbocycles. The molecule has 0 radical (unpaired) electrons. The van der Waals surface area contributed by atoms with Crippen molar-refractivity contribution in [3.8, 4) is 5.75 Å². The molecule has 3 aromatic carbocycles. The highest BCUT2D eigenvalue weighted by molar-refractivity contribution is 7.93. The molecule has 1 unspecified atom stereocenters. The van der Waals surface area contributed by atoms with E-state index in [9.17, 15) is 17.6 Å². The van der Waals surface area contributed by atoms with Crippen LogP contribution >= 0.6 is 11.3 Å². The van der Waals surface area contributed by atoms with E-state index in [-0.39, 0.29) is 10.6 Å². The fraction of sp³-hybridized carbons (Fsp3) is 0.129. The highest BCUT2D eigenvalue weighted by Crippen LogP contribution is 2.36. The summed E-state index contributed by atoms with van der Waals surface area (Å²) in [7, 11) is -2.71. The molecule has 0 aliphatic carbocycles. The number of benzene rings is 3. The van der Waals surface area contributed by atoms with Gasteiger partial charge in [-0.2, -0.15) is 5.10 Å². The molecule has 6 rings (SSSR count). The molecule has 0 fully saturated rings. The largest absolute Gasteiger partial charge is 0.497 e. The number of rotatable bonds is 8. The molecular weight excluding hydrogens is 575 g/mol. The average Bonchev–Trinajstić information content (AvgIpc) is 3.71. The van der Waals surface area contributed by atoms with Crippen LogP contribution in [0.25, 0.3) is 10.8 Å². The molecule has 5 aromatic rings. The van der Waals surface area contributed by atoms with Crippen LogP contribution in [-0.2, 0) is 14.8 Å². The van der Waals surface area contributed by atoms with Gasteiger partial charge >= 0.3 is 0 Å². The van der Waals surface area contributed by atoms with Crippen LogP contribution in [0.3, 0.4) is 0 Å². The number of halogens is 1. The van der Waals surface area contributed by atoms with Crippen molar-refractivity contribution >= 4 is 49.4 Å². The first kappa shape index (κ1) is 27.6. The fourth-order valence-electron chi connectivity index (χ4n) is 4.97. The molecule has 0 saturated heterocycles. The molecule has 2 aromatic heterocycles. The second kappa shape index (κ2) is 11.3. The Morgan fingerprint density at radius 1 is 1.05 bits per heavy atom. The van der Waals surface area contributed by atoms with Gasteiger partial charge in [-0.3, -0.25) is 14.1 Å². The third-order valence-corrected chi connectivity index (χ3v) is 9.83. The normalized spacial score (nSPS) is 15.0. The van der Waals surface area contributed by atoms with Gasteiger partial charge in [0, 0.05) is 29.6 Å². The zero-order chi connectivity index (χ0) is 29.3. The van der Waals surface area contributed by atoms with Gasteiger partial charge in [0.15, 0.2) is 0 Å². The van der Waals surface area contributed by atoms with E-state index in [4.69, 9.17) is 4.74 Å². The zero-order valence-electron chi connectivity index (χ0n) is 22.4. The second-order valence-corrected chi connectivity index (χ2v) is 12.4. The second-order valence-electron chi connectivity index (χ2n) is 9.60. The number of anilines is 1. The Bertz CT molecular complexity index is 1870. The summed E-state index contributed by atoms with van der Waals surface area (Å²) in [6.07, 6.45) is 3.55. The van der Waals surface area contributed by atoms with Gasteiger partial charge in [0.1, 0.15) is 18.1 Å². The number of hydrazone groups is 1. The Morgan fingerprint density at radius 3 is 2.55 bits per heavy atom. The molecule has 1 atom stereocenters. The maximum absolute atomic E-state index is 14.2. The summed E-state index contributed by atoms with van der Waals surface area (Å²) >= 11 is 1.52. The van der Waals surface area contributed by atoms with Crippen molar-refractivity contribution in [2.24, 2.45) is 5.10 Å². The molecule has 0 spiro atoms. The lowest BCUT2D eigenvalue weighted by Gasteiger charge is -2.28. The number of methoxy groups -OCH3 is 1. The van der Waals surface area contributed by atoms with Crippen molar-refractivity contribution in [2.75, 3.05) is 18.0 Å². The van der Waals surface area contributed by atoms with Gasteiger partial charge in [-0.15, -0.1) is 11.3 Å². The van der Waals surface area contributed by atoms with Gasteiger partial charge in [0.05, 0.1) is 34.3 Å². The van der Waals surface area contributed by atoms with Gasteiger partial charge in [0.25, 0.3) is 15.9 Å². The fourth-order valence-corrected chi connectivity index (χ4v) is 7.32.